The molecule has 7 nitrogen and oxygen atoms in total. The van der Waals surface area contributed by atoms with E-state index in [1.165, 1.54) is 19.9 Å². The normalized spacial score (nSPS) is 32.4. The van der Waals surface area contributed by atoms with Crippen molar-refractivity contribution >= 4 is 17.4 Å². The zero-order chi connectivity index (χ0) is 16.7. The molecule has 0 bridgehead atoms. The maximum atomic E-state index is 15.2. The van der Waals surface area contributed by atoms with Gasteiger partial charge in [0.25, 0.3) is 0 Å². The van der Waals surface area contributed by atoms with E-state index in [0.29, 0.717) is 0 Å². The number of ether oxygens (including phenoxy) is 1. The number of nitrogen functional groups attached to an aromatic ring is 1. The number of alkyl halides is 1. The van der Waals surface area contributed by atoms with Gasteiger partial charge in [-0.3, -0.25) is 4.57 Å². The molecule has 9 heteroatoms. The van der Waals surface area contributed by atoms with Gasteiger partial charge in [-0.2, -0.15) is 4.98 Å². The lowest BCUT2D eigenvalue weighted by molar-refractivity contribution is -0.0808. The van der Waals surface area contributed by atoms with E-state index in [-0.39, 0.29) is 11.5 Å². The van der Waals surface area contributed by atoms with E-state index < -0.39 is 35.9 Å². The van der Waals surface area contributed by atoms with E-state index in [4.69, 9.17) is 22.1 Å². The number of hydrogen-bond donors (Lipinski definition) is 3. The predicted molar refractivity (Wildman–Crippen MR) is 76.7 cm³/mol. The number of anilines is 1. The lowest BCUT2D eigenvalue weighted by Gasteiger charge is -2.25. The minimum atomic E-state index is -2.68. The lowest BCUT2D eigenvalue weighted by atomic mass is 9.95. The second kappa shape index (κ2) is 5.85. The van der Waals surface area contributed by atoms with Crippen molar-refractivity contribution in [2.45, 2.75) is 44.1 Å². The van der Waals surface area contributed by atoms with Gasteiger partial charge < -0.3 is 20.7 Å². The first kappa shape index (κ1) is 16.7. The molecule has 1 aromatic heterocycles. The van der Waals surface area contributed by atoms with Crippen LogP contribution in [0.5, 0.6) is 0 Å². The Morgan fingerprint density at radius 1 is 1.68 bits per heavy atom. The molecule has 2 rings (SSSR count). The van der Waals surface area contributed by atoms with E-state index in [9.17, 15) is 15.0 Å². The fourth-order valence-electron chi connectivity index (χ4n) is 2.46. The maximum Gasteiger partial charge on any atom is 0.351 e. The molecule has 0 amide bonds. The minimum Gasteiger partial charge on any atom is -0.391 e. The van der Waals surface area contributed by atoms with Gasteiger partial charge in [0.15, 0.2) is 6.23 Å². The summed E-state index contributed by atoms with van der Waals surface area (Å²) in [6.45, 7) is 2.82. The van der Waals surface area contributed by atoms with Gasteiger partial charge in [-0.1, -0.05) is 0 Å². The summed E-state index contributed by atoms with van der Waals surface area (Å²) < 4.78 is 21.4. The van der Waals surface area contributed by atoms with Crippen LogP contribution in [0.25, 0.3) is 0 Å². The highest BCUT2D eigenvalue weighted by molar-refractivity contribution is 6.30. The van der Waals surface area contributed by atoms with Crippen molar-refractivity contribution in [1.29, 1.82) is 0 Å². The first-order chi connectivity index (χ1) is 10.2. The van der Waals surface area contributed by atoms with Crippen LogP contribution in [-0.2, 0) is 4.74 Å². The Labute approximate surface area is 130 Å². The van der Waals surface area contributed by atoms with Crippen molar-refractivity contribution in [3.8, 4) is 11.3 Å². The van der Waals surface area contributed by atoms with Crippen LogP contribution >= 0.6 is 11.6 Å². The smallest absolute Gasteiger partial charge is 0.351 e. The molecule has 0 saturated carbocycles. The van der Waals surface area contributed by atoms with Gasteiger partial charge in [-0.15, -0.1) is 0 Å². The van der Waals surface area contributed by atoms with E-state index in [1.54, 1.807) is 0 Å². The third-order valence-corrected chi connectivity index (χ3v) is 3.60. The summed E-state index contributed by atoms with van der Waals surface area (Å²) in [5, 5.41) is 21.6. The average molecular weight is 332 g/mol. The highest BCUT2D eigenvalue weighted by atomic mass is 35.5. The molecule has 0 aromatic carbocycles. The molecule has 1 aliphatic rings. The number of rotatable bonds is 2. The highest BCUT2D eigenvalue weighted by Gasteiger charge is 2.59. The average Bonchev–Trinajstić information content (AvgIpc) is 2.63. The number of aromatic nitrogens is 2. The van der Waals surface area contributed by atoms with E-state index in [1.807, 2.05) is 11.3 Å². The summed E-state index contributed by atoms with van der Waals surface area (Å²) in [5.74, 6) is 1.99. The topological polar surface area (TPSA) is 111 Å². The molecule has 0 spiro atoms. The SMILES string of the molecule is Cc1cc(N)nc(=O)n1[C@@H]1O[C@H]([C@H](C)O)[C@H](O)C1(F)C#CCl. The standard InChI is InChI=1S/C13H15ClFN3O4/c1-6-5-8(16)17-12(21)18(6)11-13(15,3-4-14)10(20)9(22-11)7(2)19/h5,7,9-11,19-20H,1-2H3,(H2,16,17,21)/t7-,9+,10-,11+,13?/m0/s1. The molecule has 2 heterocycles. The summed E-state index contributed by atoms with van der Waals surface area (Å²) in [4.78, 5) is 15.5. The van der Waals surface area contributed by atoms with Gasteiger partial charge in [-0.25, -0.2) is 9.18 Å². The van der Waals surface area contributed by atoms with Crippen molar-refractivity contribution in [1.82, 2.24) is 9.55 Å². The number of aryl methyl sites for hydroxylation is 1. The molecule has 22 heavy (non-hydrogen) atoms. The van der Waals surface area contributed by atoms with Crippen LogP contribution in [0.4, 0.5) is 10.2 Å². The Balaban J connectivity index is 2.62. The molecule has 5 atom stereocenters. The number of hydrogen-bond acceptors (Lipinski definition) is 6. The Bertz CT molecular complexity index is 699. The van der Waals surface area contributed by atoms with Crippen LogP contribution in [-0.4, -0.2) is 43.7 Å². The van der Waals surface area contributed by atoms with Crippen LogP contribution < -0.4 is 11.4 Å². The Morgan fingerprint density at radius 2 is 2.32 bits per heavy atom. The molecule has 0 radical (unpaired) electrons. The van der Waals surface area contributed by atoms with Gasteiger partial charge in [-0.05, 0) is 37.4 Å². The molecule has 120 valence electrons. The summed E-state index contributed by atoms with van der Waals surface area (Å²) in [6.07, 6.45) is -5.89. The molecular weight excluding hydrogens is 317 g/mol. The first-order valence-corrected chi connectivity index (χ1v) is 6.79. The van der Waals surface area contributed by atoms with E-state index >= 15 is 4.39 Å². The monoisotopic (exact) mass is 331 g/mol. The third kappa shape index (κ3) is 2.57. The fourth-order valence-corrected chi connectivity index (χ4v) is 2.60. The quantitative estimate of drug-likeness (QED) is 0.641. The van der Waals surface area contributed by atoms with Crippen LogP contribution in [0, 0.1) is 18.2 Å². The summed E-state index contributed by atoms with van der Waals surface area (Å²) in [6, 6.07) is 1.35. The predicted octanol–water partition coefficient (Wildman–Crippen LogP) is -0.319. The Hall–Kier alpha value is -1.66. The second-order valence-electron chi connectivity index (χ2n) is 5.10. The molecular formula is C13H15ClFN3O4. The number of nitrogens with two attached hydrogens (primary N) is 1. The van der Waals surface area contributed by atoms with Crippen LogP contribution in [0.2, 0.25) is 0 Å². The van der Waals surface area contributed by atoms with Gasteiger partial charge in [0.05, 0.1) is 6.10 Å². The van der Waals surface area contributed by atoms with Crippen molar-refractivity contribution in [3.63, 3.8) is 0 Å². The molecule has 1 aliphatic heterocycles. The van der Waals surface area contributed by atoms with Gasteiger partial charge in [0.2, 0.25) is 5.67 Å². The molecule has 4 N–H and O–H groups in total. The summed E-state index contributed by atoms with van der Waals surface area (Å²) >= 11 is 5.27. The molecule has 1 saturated heterocycles. The third-order valence-electron chi connectivity index (χ3n) is 3.50. The zero-order valence-corrected chi connectivity index (χ0v) is 12.6. The van der Waals surface area contributed by atoms with Gasteiger partial charge in [0, 0.05) is 11.1 Å². The zero-order valence-electron chi connectivity index (χ0n) is 11.8. The summed E-state index contributed by atoms with van der Waals surface area (Å²) in [5.41, 5.74) is 2.18. The Kier molecular flexibility index (Phi) is 4.44. The highest BCUT2D eigenvalue weighted by Crippen LogP contribution is 2.42. The van der Waals surface area contributed by atoms with Crippen LogP contribution in [0.3, 0.4) is 0 Å². The minimum absolute atomic E-state index is 0.0303. The fraction of sp³-hybridized carbons (Fsp3) is 0.538. The van der Waals surface area contributed by atoms with Crippen molar-refractivity contribution < 1.29 is 19.3 Å². The van der Waals surface area contributed by atoms with Crippen LogP contribution in [0.15, 0.2) is 10.9 Å². The molecule has 1 unspecified atom stereocenters. The molecule has 1 fully saturated rings. The van der Waals surface area contributed by atoms with Crippen molar-refractivity contribution in [3.05, 3.63) is 22.2 Å². The number of nitrogens with zero attached hydrogens (tertiary/aromatic N) is 2. The molecule has 0 aliphatic carbocycles. The van der Waals surface area contributed by atoms with Crippen molar-refractivity contribution in [2.75, 3.05) is 5.73 Å². The van der Waals surface area contributed by atoms with Gasteiger partial charge in [0.1, 0.15) is 18.0 Å². The lowest BCUT2D eigenvalue weighted by Crippen LogP contribution is -2.45. The van der Waals surface area contributed by atoms with E-state index in [0.717, 1.165) is 4.57 Å². The van der Waals surface area contributed by atoms with Gasteiger partial charge >= 0.3 is 5.69 Å². The Morgan fingerprint density at radius 3 is 2.82 bits per heavy atom. The van der Waals surface area contributed by atoms with Crippen molar-refractivity contribution in [2.24, 2.45) is 0 Å². The maximum absolute atomic E-state index is 15.2. The summed E-state index contributed by atoms with van der Waals surface area (Å²) in [7, 11) is 0. The second-order valence-corrected chi connectivity index (χ2v) is 5.29. The van der Waals surface area contributed by atoms with E-state index in [2.05, 4.69) is 4.98 Å². The van der Waals surface area contributed by atoms with Crippen LogP contribution in [0.1, 0.15) is 18.8 Å². The largest absolute Gasteiger partial charge is 0.391 e. The number of halogens is 2. The number of aliphatic hydroxyl groups excluding tert-OH is 2. The number of aliphatic hydroxyl groups is 2. The first-order valence-electron chi connectivity index (χ1n) is 6.41. The molecule has 1 aromatic rings.